The summed E-state index contributed by atoms with van der Waals surface area (Å²) in [6, 6.07) is 5.59. The van der Waals surface area contributed by atoms with Crippen LogP contribution in [0.5, 0.6) is 0 Å². The van der Waals surface area contributed by atoms with E-state index in [-0.39, 0.29) is 10.8 Å². The maximum atomic E-state index is 13.4. The summed E-state index contributed by atoms with van der Waals surface area (Å²) in [5, 5.41) is 0.527. The molecule has 0 heterocycles. The summed E-state index contributed by atoms with van der Waals surface area (Å²) in [7, 11) is 0. The van der Waals surface area contributed by atoms with E-state index < -0.39 is 11.6 Å². The van der Waals surface area contributed by atoms with Crippen LogP contribution in [-0.4, -0.2) is 0 Å². The van der Waals surface area contributed by atoms with Crippen LogP contribution in [0.2, 0.25) is 0 Å². The minimum absolute atomic E-state index is 0.263. The number of hydrogen-bond acceptors (Lipinski definition) is 0. The molecule has 0 bridgehead atoms. The van der Waals surface area contributed by atoms with Crippen LogP contribution in [-0.2, 0) is 0 Å². The lowest BCUT2D eigenvalue weighted by Gasteiger charge is -2.05. The topological polar surface area (TPSA) is 0 Å². The third-order valence-electron chi connectivity index (χ3n) is 1.96. The van der Waals surface area contributed by atoms with Gasteiger partial charge in [-0.2, -0.15) is 0 Å². The predicted octanol–water partition coefficient (Wildman–Crippen LogP) is 4.64. The van der Waals surface area contributed by atoms with Crippen molar-refractivity contribution in [1.29, 1.82) is 0 Å². The van der Waals surface area contributed by atoms with Crippen LogP contribution in [0.1, 0.15) is 0 Å². The van der Waals surface area contributed by atoms with Gasteiger partial charge < -0.3 is 0 Å². The molecule has 0 saturated carbocycles. The van der Waals surface area contributed by atoms with E-state index in [2.05, 4.69) is 31.9 Å². The van der Waals surface area contributed by atoms with Gasteiger partial charge >= 0.3 is 0 Å². The molecule has 72 valence electrons. The number of hydrogen-bond donors (Lipinski definition) is 0. The molecule has 4 heteroatoms. The number of halogens is 4. The fraction of sp³-hybridized carbons (Fsp3) is 0. The molecule has 0 aliphatic rings. The van der Waals surface area contributed by atoms with Gasteiger partial charge in [0.1, 0.15) is 11.6 Å². The van der Waals surface area contributed by atoms with E-state index in [1.807, 2.05) is 0 Å². The van der Waals surface area contributed by atoms with E-state index in [0.29, 0.717) is 8.95 Å². The second-order valence-corrected chi connectivity index (χ2v) is 4.52. The summed E-state index contributed by atoms with van der Waals surface area (Å²) in [6.45, 7) is 0. The highest BCUT2D eigenvalue weighted by atomic mass is 79.9. The normalized spacial score (nSPS) is 10.9. The van der Waals surface area contributed by atoms with Crippen molar-refractivity contribution in [2.24, 2.45) is 0 Å². The molecular formula is C10H4Br2F2. The van der Waals surface area contributed by atoms with Gasteiger partial charge in [0.05, 0.1) is 0 Å². The third kappa shape index (κ3) is 1.46. The molecule has 0 atom stereocenters. The molecular weight excluding hydrogens is 318 g/mol. The first-order chi connectivity index (χ1) is 6.61. The Morgan fingerprint density at radius 1 is 0.714 bits per heavy atom. The quantitative estimate of drug-likeness (QED) is 0.663. The van der Waals surface area contributed by atoms with Gasteiger partial charge in [0.25, 0.3) is 0 Å². The smallest absolute Gasteiger partial charge is 0.132 e. The van der Waals surface area contributed by atoms with Crippen molar-refractivity contribution < 1.29 is 8.78 Å². The van der Waals surface area contributed by atoms with Crippen molar-refractivity contribution in [3.05, 3.63) is 44.8 Å². The Morgan fingerprint density at radius 2 is 1.07 bits per heavy atom. The van der Waals surface area contributed by atoms with Crippen LogP contribution in [0.4, 0.5) is 8.78 Å². The standard InChI is InChI=1S/C10H4Br2F2/c11-5-1-3-7(13)10-6(12)2-4-8(14)9(5)10/h1-4H. The van der Waals surface area contributed by atoms with Gasteiger partial charge in [0.2, 0.25) is 0 Å². The van der Waals surface area contributed by atoms with E-state index >= 15 is 0 Å². The molecule has 0 nitrogen and oxygen atoms in total. The molecule has 0 unspecified atom stereocenters. The number of rotatable bonds is 0. The van der Waals surface area contributed by atoms with Crippen LogP contribution < -0.4 is 0 Å². The van der Waals surface area contributed by atoms with Crippen molar-refractivity contribution in [1.82, 2.24) is 0 Å². The lowest BCUT2D eigenvalue weighted by atomic mass is 10.1. The molecule has 2 rings (SSSR count). The SMILES string of the molecule is Fc1ccc(Br)c2c(F)ccc(Br)c12. The first-order valence-electron chi connectivity index (χ1n) is 3.83. The Hall–Kier alpha value is -0.480. The molecule has 0 aliphatic carbocycles. The Labute approximate surface area is 96.2 Å². The fourth-order valence-electron chi connectivity index (χ4n) is 1.33. The first-order valence-corrected chi connectivity index (χ1v) is 5.41. The van der Waals surface area contributed by atoms with Crippen LogP contribution in [0.25, 0.3) is 10.8 Å². The van der Waals surface area contributed by atoms with Crippen LogP contribution in [0.3, 0.4) is 0 Å². The Morgan fingerprint density at radius 3 is 1.43 bits per heavy atom. The van der Waals surface area contributed by atoms with Gasteiger partial charge in [-0.25, -0.2) is 8.78 Å². The molecule has 2 aromatic rings. The average Bonchev–Trinajstić information content (AvgIpc) is 2.16. The first kappa shape index (κ1) is 10.1. The Kier molecular flexibility index (Phi) is 2.58. The van der Waals surface area contributed by atoms with Crippen LogP contribution in [0, 0.1) is 11.6 Å². The zero-order valence-corrected chi connectivity index (χ0v) is 9.99. The van der Waals surface area contributed by atoms with Gasteiger partial charge in [-0.1, -0.05) is 31.9 Å². The molecule has 0 aromatic heterocycles. The minimum Gasteiger partial charge on any atom is -0.206 e. The maximum Gasteiger partial charge on any atom is 0.132 e. The van der Waals surface area contributed by atoms with Crippen molar-refractivity contribution in [3.8, 4) is 0 Å². The van der Waals surface area contributed by atoms with E-state index in [0.717, 1.165) is 0 Å². The van der Waals surface area contributed by atoms with Crippen LogP contribution >= 0.6 is 31.9 Å². The van der Waals surface area contributed by atoms with Gasteiger partial charge in [0.15, 0.2) is 0 Å². The molecule has 0 radical (unpaired) electrons. The zero-order valence-electron chi connectivity index (χ0n) is 6.82. The van der Waals surface area contributed by atoms with E-state index in [9.17, 15) is 8.78 Å². The van der Waals surface area contributed by atoms with Gasteiger partial charge in [-0.05, 0) is 24.3 Å². The van der Waals surface area contributed by atoms with Crippen molar-refractivity contribution in [2.45, 2.75) is 0 Å². The third-order valence-corrected chi connectivity index (χ3v) is 3.28. The summed E-state index contributed by atoms with van der Waals surface area (Å²) in [6.07, 6.45) is 0. The number of benzene rings is 2. The monoisotopic (exact) mass is 320 g/mol. The summed E-state index contributed by atoms with van der Waals surface area (Å²) >= 11 is 6.38. The molecule has 2 aromatic carbocycles. The zero-order chi connectivity index (χ0) is 10.3. The Bertz CT molecular complexity index is 420. The molecule has 0 spiro atoms. The molecule has 0 N–H and O–H groups in total. The van der Waals surface area contributed by atoms with Crippen molar-refractivity contribution >= 4 is 42.6 Å². The molecule has 0 saturated heterocycles. The fourth-order valence-corrected chi connectivity index (χ4v) is 2.37. The second kappa shape index (κ2) is 3.59. The van der Waals surface area contributed by atoms with Gasteiger partial charge in [-0.15, -0.1) is 0 Å². The maximum absolute atomic E-state index is 13.4. The summed E-state index contributed by atoms with van der Waals surface area (Å²) in [4.78, 5) is 0. The lowest BCUT2D eigenvalue weighted by Crippen LogP contribution is -1.86. The molecule has 14 heavy (non-hydrogen) atoms. The number of fused-ring (bicyclic) bond motifs is 1. The van der Waals surface area contributed by atoms with E-state index in [1.165, 1.54) is 24.3 Å². The van der Waals surface area contributed by atoms with Crippen molar-refractivity contribution in [2.75, 3.05) is 0 Å². The van der Waals surface area contributed by atoms with Gasteiger partial charge in [-0.3, -0.25) is 0 Å². The summed E-state index contributed by atoms with van der Waals surface area (Å²) in [5.41, 5.74) is 0. The van der Waals surface area contributed by atoms with Crippen molar-refractivity contribution in [3.63, 3.8) is 0 Å². The molecule has 0 amide bonds. The van der Waals surface area contributed by atoms with Gasteiger partial charge in [0, 0.05) is 19.7 Å². The predicted molar refractivity (Wildman–Crippen MR) is 59.3 cm³/mol. The second-order valence-electron chi connectivity index (χ2n) is 2.81. The minimum atomic E-state index is -0.436. The molecule has 0 aliphatic heterocycles. The van der Waals surface area contributed by atoms with E-state index in [4.69, 9.17) is 0 Å². The lowest BCUT2D eigenvalue weighted by molar-refractivity contribution is 0.627. The molecule has 0 fully saturated rings. The highest BCUT2D eigenvalue weighted by Gasteiger charge is 2.11. The van der Waals surface area contributed by atoms with E-state index in [1.54, 1.807) is 0 Å². The van der Waals surface area contributed by atoms with Crippen LogP contribution in [0.15, 0.2) is 33.2 Å². The summed E-state index contributed by atoms with van der Waals surface area (Å²) in [5.74, 6) is -0.871. The highest BCUT2D eigenvalue weighted by Crippen LogP contribution is 2.33. The Balaban J connectivity index is 3.05. The largest absolute Gasteiger partial charge is 0.206 e. The summed E-state index contributed by atoms with van der Waals surface area (Å²) < 4.78 is 27.9. The highest BCUT2D eigenvalue weighted by molar-refractivity contribution is 9.11. The average molecular weight is 322 g/mol.